The molecule has 0 aliphatic carbocycles. The molecule has 114 valence electrons. The van der Waals surface area contributed by atoms with E-state index in [1.54, 1.807) is 6.20 Å². The summed E-state index contributed by atoms with van der Waals surface area (Å²) in [4.78, 5) is 16.2. The molecule has 0 atom stereocenters. The van der Waals surface area contributed by atoms with E-state index in [-0.39, 0.29) is 0 Å². The molecule has 2 aromatic carbocycles. The molecular formula is C17H12F2N4. The lowest BCUT2D eigenvalue weighted by atomic mass is 10.2. The maximum Gasteiger partial charge on any atom is 0.161 e. The summed E-state index contributed by atoms with van der Waals surface area (Å²) in [5.74, 6) is -1.11. The van der Waals surface area contributed by atoms with Crippen molar-refractivity contribution in [1.82, 2.24) is 19.9 Å². The Hall–Kier alpha value is -2.89. The number of hydrogen-bond acceptors (Lipinski definition) is 3. The number of rotatable bonds is 3. The third-order valence-corrected chi connectivity index (χ3v) is 3.69. The molecule has 0 fully saturated rings. The number of aryl methyl sites for hydroxylation is 2. The molecule has 0 unspecified atom stereocenters. The van der Waals surface area contributed by atoms with Crippen LogP contribution in [0, 0.1) is 11.6 Å². The SMILES string of the molecule is Fc1cc2nc(CCc3cnc4ccccc4n3)[nH]c2cc1F. The lowest BCUT2D eigenvalue weighted by molar-refractivity contribution is 0.510. The van der Waals surface area contributed by atoms with Gasteiger partial charge in [-0.05, 0) is 18.6 Å². The van der Waals surface area contributed by atoms with E-state index in [4.69, 9.17) is 0 Å². The van der Waals surface area contributed by atoms with E-state index in [0.29, 0.717) is 29.7 Å². The van der Waals surface area contributed by atoms with Crippen molar-refractivity contribution in [1.29, 1.82) is 0 Å². The van der Waals surface area contributed by atoms with Gasteiger partial charge in [-0.1, -0.05) is 12.1 Å². The molecule has 23 heavy (non-hydrogen) atoms. The molecule has 0 amide bonds. The molecule has 0 aliphatic heterocycles. The molecule has 6 heteroatoms. The average Bonchev–Trinajstić information content (AvgIpc) is 2.95. The standard InChI is InChI=1S/C17H12F2N4/c18-11-7-15-16(8-12(11)19)23-17(22-15)6-5-10-9-20-13-3-1-2-4-14(13)21-10/h1-4,7-9H,5-6H2,(H,22,23). The minimum absolute atomic E-state index is 0.420. The highest BCUT2D eigenvalue weighted by Gasteiger charge is 2.09. The van der Waals surface area contributed by atoms with Gasteiger partial charge in [0, 0.05) is 24.8 Å². The normalized spacial score (nSPS) is 11.4. The Morgan fingerprint density at radius 1 is 0.870 bits per heavy atom. The number of halogens is 2. The molecule has 1 N–H and O–H groups in total. The summed E-state index contributed by atoms with van der Waals surface area (Å²) in [6.45, 7) is 0. The lowest BCUT2D eigenvalue weighted by Crippen LogP contribution is -1.97. The summed E-state index contributed by atoms with van der Waals surface area (Å²) in [5.41, 5.74) is 3.46. The highest BCUT2D eigenvalue weighted by atomic mass is 19.2. The van der Waals surface area contributed by atoms with Gasteiger partial charge in [-0.15, -0.1) is 0 Å². The van der Waals surface area contributed by atoms with E-state index >= 15 is 0 Å². The van der Waals surface area contributed by atoms with Crippen molar-refractivity contribution in [2.45, 2.75) is 12.8 Å². The Bertz CT molecular complexity index is 971. The number of H-pyrrole nitrogens is 1. The van der Waals surface area contributed by atoms with Gasteiger partial charge in [0.2, 0.25) is 0 Å². The van der Waals surface area contributed by atoms with Crippen LogP contribution in [-0.2, 0) is 12.8 Å². The van der Waals surface area contributed by atoms with Crippen LogP contribution in [0.5, 0.6) is 0 Å². The molecule has 2 aromatic heterocycles. The summed E-state index contributed by atoms with van der Waals surface area (Å²) < 4.78 is 26.4. The smallest absolute Gasteiger partial charge is 0.161 e. The van der Waals surface area contributed by atoms with E-state index in [1.165, 1.54) is 0 Å². The van der Waals surface area contributed by atoms with Crippen LogP contribution in [0.3, 0.4) is 0 Å². The number of nitrogens with zero attached hydrogens (tertiary/aromatic N) is 3. The zero-order chi connectivity index (χ0) is 15.8. The van der Waals surface area contributed by atoms with Gasteiger partial charge in [0.05, 0.1) is 27.8 Å². The van der Waals surface area contributed by atoms with Gasteiger partial charge >= 0.3 is 0 Å². The number of hydrogen-bond donors (Lipinski definition) is 1. The molecular weight excluding hydrogens is 298 g/mol. The minimum Gasteiger partial charge on any atom is -0.342 e. The van der Waals surface area contributed by atoms with Crippen molar-refractivity contribution in [3.05, 3.63) is 65.7 Å². The number of imidazole rings is 1. The average molecular weight is 310 g/mol. The fourth-order valence-corrected chi connectivity index (χ4v) is 2.54. The number of para-hydroxylation sites is 2. The van der Waals surface area contributed by atoms with Crippen molar-refractivity contribution in [2.24, 2.45) is 0 Å². The Morgan fingerprint density at radius 3 is 2.52 bits per heavy atom. The summed E-state index contributed by atoms with van der Waals surface area (Å²) in [7, 11) is 0. The summed E-state index contributed by atoms with van der Waals surface area (Å²) >= 11 is 0. The molecule has 0 aliphatic rings. The largest absolute Gasteiger partial charge is 0.342 e. The van der Waals surface area contributed by atoms with Gasteiger partial charge in [0.1, 0.15) is 5.82 Å². The lowest BCUT2D eigenvalue weighted by Gasteiger charge is -2.01. The van der Waals surface area contributed by atoms with Crippen molar-refractivity contribution in [3.63, 3.8) is 0 Å². The molecule has 0 bridgehead atoms. The molecule has 2 heterocycles. The zero-order valence-electron chi connectivity index (χ0n) is 12.1. The first kappa shape index (κ1) is 13.8. The third-order valence-electron chi connectivity index (χ3n) is 3.69. The maximum absolute atomic E-state index is 13.2. The van der Waals surface area contributed by atoms with Crippen LogP contribution >= 0.6 is 0 Å². The number of aromatic amines is 1. The third kappa shape index (κ3) is 2.63. The molecule has 0 radical (unpaired) electrons. The van der Waals surface area contributed by atoms with E-state index in [9.17, 15) is 8.78 Å². The van der Waals surface area contributed by atoms with E-state index in [1.807, 2.05) is 24.3 Å². The summed E-state index contributed by atoms with van der Waals surface area (Å²) in [6, 6.07) is 9.89. The van der Waals surface area contributed by atoms with Crippen molar-refractivity contribution in [2.75, 3.05) is 0 Å². The van der Waals surface area contributed by atoms with Gasteiger partial charge < -0.3 is 4.98 Å². The Labute approximate surface area is 130 Å². The van der Waals surface area contributed by atoms with Crippen LogP contribution in [0.1, 0.15) is 11.5 Å². The Kier molecular flexibility index (Phi) is 3.22. The van der Waals surface area contributed by atoms with Crippen molar-refractivity contribution in [3.8, 4) is 0 Å². The highest BCUT2D eigenvalue weighted by molar-refractivity contribution is 5.75. The van der Waals surface area contributed by atoms with Crippen LogP contribution in [-0.4, -0.2) is 19.9 Å². The van der Waals surface area contributed by atoms with Crippen LogP contribution < -0.4 is 0 Å². The second kappa shape index (κ2) is 5.39. The predicted octanol–water partition coefficient (Wildman–Crippen LogP) is 3.57. The maximum atomic E-state index is 13.2. The number of nitrogens with one attached hydrogen (secondary N) is 1. The van der Waals surface area contributed by atoms with Gasteiger partial charge in [-0.3, -0.25) is 4.98 Å². The molecule has 0 spiro atoms. The highest BCUT2D eigenvalue weighted by Crippen LogP contribution is 2.17. The van der Waals surface area contributed by atoms with Crippen molar-refractivity contribution >= 4 is 22.1 Å². The Balaban J connectivity index is 1.57. The number of aromatic nitrogens is 4. The summed E-state index contributed by atoms with van der Waals surface area (Å²) in [6.07, 6.45) is 2.97. The molecule has 0 saturated heterocycles. The zero-order valence-corrected chi connectivity index (χ0v) is 12.1. The van der Waals surface area contributed by atoms with Gasteiger partial charge in [0.15, 0.2) is 11.6 Å². The number of fused-ring (bicyclic) bond motifs is 2. The second-order valence-electron chi connectivity index (χ2n) is 5.32. The van der Waals surface area contributed by atoms with Gasteiger partial charge in [-0.2, -0.15) is 0 Å². The topological polar surface area (TPSA) is 54.5 Å². The fourth-order valence-electron chi connectivity index (χ4n) is 2.54. The number of benzene rings is 2. The fraction of sp³-hybridized carbons (Fsp3) is 0.118. The predicted molar refractivity (Wildman–Crippen MR) is 83.0 cm³/mol. The van der Waals surface area contributed by atoms with Crippen LogP contribution in [0.15, 0.2) is 42.6 Å². The van der Waals surface area contributed by atoms with Crippen molar-refractivity contribution < 1.29 is 8.78 Å². The van der Waals surface area contributed by atoms with Gasteiger partial charge in [-0.25, -0.2) is 18.7 Å². The van der Waals surface area contributed by atoms with Gasteiger partial charge in [0.25, 0.3) is 0 Å². The Morgan fingerprint density at radius 2 is 1.65 bits per heavy atom. The van der Waals surface area contributed by atoms with E-state index in [0.717, 1.165) is 28.9 Å². The van der Waals surface area contributed by atoms with Crippen LogP contribution in [0.4, 0.5) is 8.78 Å². The van der Waals surface area contributed by atoms with Crippen LogP contribution in [0.25, 0.3) is 22.1 Å². The second-order valence-corrected chi connectivity index (χ2v) is 5.32. The molecule has 4 aromatic rings. The van der Waals surface area contributed by atoms with E-state index < -0.39 is 11.6 Å². The minimum atomic E-state index is -0.893. The first-order valence-corrected chi connectivity index (χ1v) is 7.23. The monoisotopic (exact) mass is 310 g/mol. The first-order valence-electron chi connectivity index (χ1n) is 7.23. The molecule has 0 saturated carbocycles. The molecule has 4 nitrogen and oxygen atoms in total. The summed E-state index contributed by atoms with van der Waals surface area (Å²) in [5, 5.41) is 0. The molecule has 4 rings (SSSR count). The van der Waals surface area contributed by atoms with E-state index in [2.05, 4.69) is 19.9 Å². The first-order chi connectivity index (χ1) is 11.2. The quantitative estimate of drug-likeness (QED) is 0.629. The van der Waals surface area contributed by atoms with Crippen LogP contribution in [0.2, 0.25) is 0 Å².